The van der Waals surface area contributed by atoms with E-state index < -0.39 is 11.9 Å². The Bertz CT molecular complexity index is 552. The fraction of sp³-hybridized carbons (Fsp3) is 0.308. The number of carbonyl (C=O) groups excluding carboxylic acids is 2. The number of benzene rings is 1. The predicted octanol–water partition coefficient (Wildman–Crippen LogP) is 0.946. The van der Waals surface area contributed by atoms with Crippen LogP contribution in [0.15, 0.2) is 18.2 Å². The lowest BCUT2D eigenvalue weighted by molar-refractivity contribution is -0.137. The molecule has 0 saturated heterocycles. The highest BCUT2D eigenvalue weighted by Gasteiger charge is 2.22. The van der Waals surface area contributed by atoms with Crippen molar-refractivity contribution in [2.75, 3.05) is 0 Å². The third-order valence-corrected chi connectivity index (χ3v) is 2.90. The van der Waals surface area contributed by atoms with E-state index in [-0.39, 0.29) is 24.5 Å². The van der Waals surface area contributed by atoms with E-state index >= 15 is 0 Å². The lowest BCUT2D eigenvalue weighted by atomic mass is 9.94. The molecule has 1 aromatic rings. The Morgan fingerprint density at radius 3 is 2.89 bits per heavy atom. The smallest absolute Gasteiger partial charge is 0.304 e. The number of rotatable bonds is 4. The molecule has 1 unspecified atom stereocenters. The average Bonchev–Trinajstić information content (AvgIpc) is 2.36. The summed E-state index contributed by atoms with van der Waals surface area (Å²) in [7, 11) is 0. The van der Waals surface area contributed by atoms with Gasteiger partial charge in [-0.15, -0.1) is 0 Å². The average molecular weight is 263 g/mol. The summed E-state index contributed by atoms with van der Waals surface area (Å²) in [6.45, 7) is 1.57. The maximum absolute atomic E-state index is 12.0. The summed E-state index contributed by atoms with van der Waals surface area (Å²) in [4.78, 5) is 38.8. The van der Waals surface area contributed by atoms with Crippen LogP contribution in [0.4, 0.5) is 0 Å². The van der Waals surface area contributed by atoms with Gasteiger partial charge in [0.2, 0.25) is 0 Å². The number of ketones is 1. The van der Waals surface area contributed by atoms with Crippen molar-refractivity contribution in [1.29, 1.82) is 0 Å². The van der Waals surface area contributed by atoms with E-state index in [1.807, 2.05) is 0 Å². The van der Waals surface area contributed by atoms with Crippen LogP contribution in [0.1, 0.15) is 29.3 Å². The molecule has 0 aliphatic carbocycles. The minimum absolute atomic E-state index is 0.143. The number of hydroxylamine groups is 1. The highest BCUT2D eigenvalue weighted by molar-refractivity contribution is 5.99. The van der Waals surface area contributed by atoms with Crippen LogP contribution in [0.2, 0.25) is 0 Å². The van der Waals surface area contributed by atoms with E-state index in [2.05, 4.69) is 5.48 Å². The number of hydrogen-bond acceptors (Lipinski definition) is 4. The zero-order valence-corrected chi connectivity index (χ0v) is 10.3. The molecule has 2 rings (SSSR count). The second kappa shape index (κ2) is 5.09. The van der Waals surface area contributed by atoms with Crippen LogP contribution in [-0.2, 0) is 16.0 Å². The molecule has 1 heterocycles. The molecule has 1 atom stereocenters. The van der Waals surface area contributed by atoms with Gasteiger partial charge in [-0.05, 0) is 18.2 Å². The Morgan fingerprint density at radius 2 is 2.21 bits per heavy atom. The maximum atomic E-state index is 12.0. The zero-order valence-electron chi connectivity index (χ0n) is 10.3. The molecule has 100 valence electrons. The normalized spacial score (nSPS) is 14.9. The summed E-state index contributed by atoms with van der Waals surface area (Å²) in [5.74, 6) is -1.65. The summed E-state index contributed by atoms with van der Waals surface area (Å²) in [5.41, 5.74) is 3.25. The van der Waals surface area contributed by atoms with Gasteiger partial charge in [-0.1, -0.05) is 6.92 Å². The first kappa shape index (κ1) is 13.1. The van der Waals surface area contributed by atoms with Crippen molar-refractivity contribution in [2.45, 2.75) is 19.8 Å². The standard InChI is InChI=1S/C13H13NO5/c1-7(4-12(16)17)13(18)8-2-3-10-9(5-8)6-11(15)14-19-10/h2-3,5,7H,4,6H2,1H3,(H,14,15)(H,16,17). The van der Waals surface area contributed by atoms with E-state index in [0.29, 0.717) is 16.9 Å². The molecule has 0 fully saturated rings. The van der Waals surface area contributed by atoms with E-state index in [0.717, 1.165) is 0 Å². The number of carboxylic acids is 1. The molecule has 1 aliphatic rings. The molecule has 0 saturated carbocycles. The van der Waals surface area contributed by atoms with Gasteiger partial charge in [0.25, 0.3) is 5.91 Å². The summed E-state index contributed by atoms with van der Waals surface area (Å²) < 4.78 is 0. The first-order valence-corrected chi connectivity index (χ1v) is 5.82. The van der Waals surface area contributed by atoms with Gasteiger partial charge < -0.3 is 9.94 Å². The fourth-order valence-corrected chi connectivity index (χ4v) is 1.93. The first-order valence-electron chi connectivity index (χ1n) is 5.82. The van der Waals surface area contributed by atoms with Crippen molar-refractivity contribution < 1.29 is 24.3 Å². The molecule has 0 bridgehead atoms. The molecular weight excluding hydrogens is 250 g/mol. The van der Waals surface area contributed by atoms with E-state index in [1.54, 1.807) is 25.1 Å². The molecule has 1 aliphatic heterocycles. The van der Waals surface area contributed by atoms with Crippen LogP contribution in [-0.4, -0.2) is 22.8 Å². The molecule has 6 nitrogen and oxygen atoms in total. The lowest BCUT2D eigenvalue weighted by Crippen LogP contribution is -2.33. The van der Waals surface area contributed by atoms with Crippen LogP contribution in [0.3, 0.4) is 0 Å². The Hall–Kier alpha value is -2.37. The lowest BCUT2D eigenvalue weighted by Gasteiger charge is -2.17. The molecule has 1 amide bonds. The number of aliphatic carboxylic acids is 1. The SMILES string of the molecule is CC(CC(=O)O)C(=O)c1ccc2c(c1)CC(=O)NO2. The molecule has 6 heteroatoms. The van der Waals surface area contributed by atoms with Crippen LogP contribution in [0, 0.1) is 5.92 Å². The summed E-state index contributed by atoms with van der Waals surface area (Å²) in [6, 6.07) is 4.74. The van der Waals surface area contributed by atoms with E-state index in [4.69, 9.17) is 9.94 Å². The van der Waals surface area contributed by atoms with Crippen LogP contribution in [0.25, 0.3) is 0 Å². The van der Waals surface area contributed by atoms with Crippen LogP contribution >= 0.6 is 0 Å². The fourth-order valence-electron chi connectivity index (χ4n) is 1.93. The maximum Gasteiger partial charge on any atom is 0.304 e. The van der Waals surface area contributed by atoms with Crippen molar-refractivity contribution in [3.8, 4) is 5.75 Å². The second-order valence-electron chi connectivity index (χ2n) is 4.49. The van der Waals surface area contributed by atoms with Gasteiger partial charge in [0.15, 0.2) is 11.5 Å². The molecular formula is C13H13NO5. The Morgan fingerprint density at radius 1 is 1.47 bits per heavy atom. The number of fused-ring (bicyclic) bond motifs is 1. The minimum Gasteiger partial charge on any atom is -0.481 e. The van der Waals surface area contributed by atoms with Gasteiger partial charge >= 0.3 is 5.97 Å². The van der Waals surface area contributed by atoms with Gasteiger partial charge in [-0.25, -0.2) is 0 Å². The molecule has 19 heavy (non-hydrogen) atoms. The van der Waals surface area contributed by atoms with Crippen molar-refractivity contribution in [1.82, 2.24) is 5.48 Å². The van der Waals surface area contributed by atoms with Crippen molar-refractivity contribution in [3.05, 3.63) is 29.3 Å². The molecule has 0 aromatic heterocycles. The Balaban J connectivity index is 2.21. The van der Waals surface area contributed by atoms with Gasteiger partial charge in [0.1, 0.15) is 0 Å². The monoisotopic (exact) mass is 263 g/mol. The number of carbonyl (C=O) groups is 3. The summed E-state index contributed by atoms with van der Waals surface area (Å²) in [5, 5.41) is 8.68. The first-order chi connectivity index (χ1) is 8.97. The molecule has 0 spiro atoms. The topological polar surface area (TPSA) is 92.7 Å². The van der Waals surface area contributed by atoms with Crippen LogP contribution < -0.4 is 10.3 Å². The van der Waals surface area contributed by atoms with Gasteiger partial charge in [-0.3, -0.25) is 14.4 Å². The number of nitrogens with one attached hydrogen (secondary N) is 1. The molecule has 1 aromatic carbocycles. The molecule has 0 radical (unpaired) electrons. The quantitative estimate of drug-likeness (QED) is 0.789. The summed E-state index contributed by atoms with van der Waals surface area (Å²) >= 11 is 0. The van der Waals surface area contributed by atoms with Gasteiger partial charge in [0, 0.05) is 17.0 Å². The molecule has 2 N–H and O–H groups in total. The predicted molar refractivity (Wildman–Crippen MR) is 64.7 cm³/mol. The number of Topliss-reactive ketones (excluding diaryl/α,β-unsaturated/α-hetero) is 1. The third kappa shape index (κ3) is 2.90. The second-order valence-corrected chi connectivity index (χ2v) is 4.49. The van der Waals surface area contributed by atoms with E-state index in [1.165, 1.54) is 0 Å². The van der Waals surface area contributed by atoms with E-state index in [9.17, 15) is 14.4 Å². The minimum atomic E-state index is -1.01. The van der Waals surface area contributed by atoms with Crippen LogP contribution in [0.5, 0.6) is 5.75 Å². The summed E-state index contributed by atoms with van der Waals surface area (Å²) in [6.07, 6.45) is -0.0727. The number of hydrogen-bond donors (Lipinski definition) is 2. The number of carboxylic acid groups (broad SMARTS) is 1. The highest BCUT2D eigenvalue weighted by Crippen LogP contribution is 2.24. The third-order valence-electron chi connectivity index (χ3n) is 2.90. The highest BCUT2D eigenvalue weighted by atomic mass is 16.7. The zero-order chi connectivity index (χ0) is 14.0. The Kier molecular flexibility index (Phi) is 3.50. The Labute approximate surface area is 109 Å². The van der Waals surface area contributed by atoms with Crippen molar-refractivity contribution >= 4 is 17.7 Å². The largest absolute Gasteiger partial charge is 0.481 e. The number of amides is 1. The van der Waals surface area contributed by atoms with Gasteiger partial charge in [0.05, 0.1) is 12.8 Å². The van der Waals surface area contributed by atoms with Gasteiger partial charge in [-0.2, -0.15) is 5.48 Å². The van der Waals surface area contributed by atoms with Crippen molar-refractivity contribution in [3.63, 3.8) is 0 Å². The van der Waals surface area contributed by atoms with Crippen molar-refractivity contribution in [2.24, 2.45) is 5.92 Å².